The van der Waals surface area contributed by atoms with E-state index in [1.165, 1.54) is 18.4 Å². The molecule has 0 saturated heterocycles. The lowest BCUT2D eigenvalue weighted by atomic mass is 10.1. The van der Waals surface area contributed by atoms with E-state index < -0.39 is 6.04 Å². The molecule has 0 fully saturated rings. The predicted molar refractivity (Wildman–Crippen MR) is 91.2 cm³/mol. The van der Waals surface area contributed by atoms with E-state index >= 15 is 0 Å². The van der Waals surface area contributed by atoms with Crippen molar-refractivity contribution in [1.29, 1.82) is 0 Å². The second-order valence-corrected chi connectivity index (χ2v) is 5.82. The summed E-state index contributed by atoms with van der Waals surface area (Å²) in [4.78, 5) is 24.9. The molecule has 1 atom stereocenters. The Hall–Kier alpha value is -2.64. The van der Waals surface area contributed by atoms with Crippen molar-refractivity contribution in [3.05, 3.63) is 65.4 Å². The number of aromatic nitrogens is 3. The molecule has 0 saturated carbocycles. The summed E-state index contributed by atoms with van der Waals surface area (Å²) >= 11 is 1.47. The monoisotopic (exact) mass is 340 g/mol. The zero-order chi connectivity index (χ0) is 16.8. The molecule has 0 radical (unpaired) electrons. The van der Waals surface area contributed by atoms with Gasteiger partial charge in [-0.15, -0.1) is 11.3 Å². The average molecular weight is 340 g/mol. The van der Waals surface area contributed by atoms with Gasteiger partial charge in [0.25, 0.3) is 0 Å². The third-order valence-electron chi connectivity index (χ3n) is 3.37. The SMILES string of the molecule is COC(=O)[C@@H](NCc1csc(-c2ncccn2)n1)c1ccccc1. The Morgan fingerprint density at radius 3 is 2.67 bits per heavy atom. The highest BCUT2D eigenvalue weighted by Gasteiger charge is 2.21. The van der Waals surface area contributed by atoms with Crippen LogP contribution in [0, 0.1) is 0 Å². The summed E-state index contributed by atoms with van der Waals surface area (Å²) in [5, 5.41) is 5.88. The first kappa shape index (κ1) is 16.2. The number of rotatable bonds is 6. The fourth-order valence-electron chi connectivity index (χ4n) is 2.21. The molecule has 7 heteroatoms. The molecule has 24 heavy (non-hydrogen) atoms. The van der Waals surface area contributed by atoms with E-state index in [1.54, 1.807) is 18.5 Å². The molecule has 1 aromatic carbocycles. The van der Waals surface area contributed by atoms with E-state index in [2.05, 4.69) is 20.3 Å². The van der Waals surface area contributed by atoms with Gasteiger partial charge in [-0.25, -0.2) is 19.7 Å². The molecular formula is C17H16N4O2S. The number of benzene rings is 1. The predicted octanol–water partition coefficient (Wildman–Crippen LogP) is 2.60. The smallest absolute Gasteiger partial charge is 0.327 e. The molecule has 0 unspecified atom stereocenters. The van der Waals surface area contributed by atoms with Crippen LogP contribution >= 0.6 is 11.3 Å². The second kappa shape index (κ2) is 7.76. The van der Waals surface area contributed by atoms with Crippen LogP contribution in [0.15, 0.2) is 54.2 Å². The molecular weight excluding hydrogens is 324 g/mol. The summed E-state index contributed by atoms with van der Waals surface area (Å²) in [6.45, 7) is 0.442. The van der Waals surface area contributed by atoms with Crippen molar-refractivity contribution in [2.75, 3.05) is 7.11 Å². The van der Waals surface area contributed by atoms with E-state index in [9.17, 15) is 4.79 Å². The van der Waals surface area contributed by atoms with Crippen LogP contribution < -0.4 is 5.32 Å². The second-order valence-electron chi connectivity index (χ2n) is 4.96. The van der Waals surface area contributed by atoms with Crippen molar-refractivity contribution in [2.24, 2.45) is 0 Å². The number of esters is 1. The van der Waals surface area contributed by atoms with E-state index in [0.717, 1.165) is 16.3 Å². The van der Waals surface area contributed by atoms with Gasteiger partial charge in [0.1, 0.15) is 6.04 Å². The quantitative estimate of drug-likeness (QED) is 0.695. The minimum atomic E-state index is -0.533. The van der Waals surface area contributed by atoms with Crippen LogP contribution in [0.2, 0.25) is 0 Å². The number of methoxy groups -OCH3 is 1. The summed E-state index contributed by atoms with van der Waals surface area (Å²) < 4.78 is 4.89. The van der Waals surface area contributed by atoms with Gasteiger partial charge in [0.15, 0.2) is 10.8 Å². The number of nitrogens with one attached hydrogen (secondary N) is 1. The third kappa shape index (κ3) is 3.81. The lowest BCUT2D eigenvalue weighted by Crippen LogP contribution is -2.29. The molecule has 0 aliphatic heterocycles. The Morgan fingerprint density at radius 2 is 1.96 bits per heavy atom. The van der Waals surface area contributed by atoms with Crippen molar-refractivity contribution >= 4 is 17.3 Å². The summed E-state index contributed by atoms with van der Waals surface area (Å²) in [5.41, 5.74) is 1.68. The zero-order valence-corrected chi connectivity index (χ0v) is 13.9. The van der Waals surface area contributed by atoms with Gasteiger partial charge in [0.2, 0.25) is 0 Å². The van der Waals surface area contributed by atoms with Crippen molar-refractivity contribution in [2.45, 2.75) is 12.6 Å². The van der Waals surface area contributed by atoms with E-state index in [1.807, 2.05) is 35.7 Å². The first-order chi connectivity index (χ1) is 11.8. The fraction of sp³-hybridized carbons (Fsp3) is 0.176. The number of carbonyl (C=O) groups excluding carboxylic acids is 1. The number of hydrogen-bond donors (Lipinski definition) is 1. The highest BCUT2D eigenvalue weighted by atomic mass is 32.1. The normalized spacial score (nSPS) is 11.9. The Labute approximate surface area is 143 Å². The van der Waals surface area contributed by atoms with Crippen molar-refractivity contribution in [3.63, 3.8) is 0 Å². The molecule has 2 heterocycles. The molecule has 1 N–H and O–H groups in total. The summed E-state index contributed by atoms with van der Waals surface area (Å²) in [5.74, 6) is 0.268. The lowest BCUT2D eigenvalue weighted by Gasteiger charge is -2.16. The zero-order valence-electron chi connectivity index (χ0n) is 13.0. The van der Waals surface area contributed by atoms with Gasteiger partial charge in [-0.05, 0) is 11.6 Å². The summed E-state index contributed by atoms with van der Waals surface area (Å²) in [6, 6.07) is 10.7. The molecule has 0 spiro atoms. The Balaban J connectivity index is 1.71. The Morgan fingerprint density at radius 1 is 1.21 bits per heavy atom. The largest absolute Gasteiger partial charge is 0.468 e. The maximum atomic E-state index is 12.0. The van der Waals surface area contributed by atoms with Gasteiger partial charge in [-0.1, -0.05) is 30.3 Å². The van der Waals surface area contributed by atoms with Gasteiger partial charge in [0.05, 0.1) is 12.8 Å². The fourth-order valence-corrected chi connectivity index (χ4v) is 2.97. The van der Waals surface area contributed by atoms with E-state index in [-0.39, 0.29) is 5.97 Å². The van der Waals surface area contributed by atoms with Crippen molar-refractivity contribution in [3.8, 4) is 10.8 Å². The molecule has 2 aromatic heterocycles. The van der Waals surface area contributed by atoms with E-state index in [0.29, 0.717) is 12.4 Å². The first-order valence-electron chi connectivity index (χ1n) is 7.36. The highest BCUT2D eigenvalue weighted by molar-refractivity contribution is 7.13. The van der Waals surface area contributed by atoms with Crippen LogP contribution in [0.25, 0.3) is 10.8 Å². The number of ether oxygens (including phenoxy) is 1. The van der Waals surface area contributed by atoms with Gasteiger partial charge >= 0.3 is 5.97 Å². The Bertz CT molecular complexity index is 793. The molecule has 3 aromatic rings. The maximum absolute atomic E-state index is 12.0. The molecule has 3 rings (SSSR count). The standard InChI is InChI=1S/C17H16N4O2S/c1-23-17(22)14(12-6-3-2-4-7-12)20-10-13-11-24-16(21-13)15-18-8-5-9-19-15/h2-9,11,14,20H,10H2,1H3/t14-/m0/s1. The lowest BCUT2D eigenvalue weighted by molar-refractivity contribution is -0.143. The van der Waals surface area contributed by atoms with Crippen molar-refractivity contribution in [1.82, 2.24) is 20.3 Å². The number of carbonyl (C=O) groups is 1. The van der Waals surface area contributed by atoms with Crippen LogP contribution in [0.5, 0.6) is 0 Å². The third-order valence-corrected chi connectivity index (χ3v) is 4.25. The number of thiazole rings is 1. The molecule has 0 aliphatic rings. The highest BCUT2D eigenvalue weighted by Crippen LogP contribution is 2.20. The van der Waals surface area contributed by atoms with Gasteiger partial charge in [-0.3, -0.25) is 5.32 Å². The van der Waals surface area contributed by atoms with Gasteiger partial charge < -0.3 is 4.74 Å². The van der Waals surface area contributed by atoms with Crippen LogP contribution in [0.1, 0.15) is 17.3 Å². The minimum absolute atomic E-state index is 0.331. The molecule has 122 valence electrons. The molecule has 0 amide bonds. The summed E-state index contributed by atoms with van der Waals surface area (Å²) in [7, 11) is 1.38. The van der Waals surface area contributed by atoms with Gasteiger partial charge in [0, 0.05) is 24.3 Å². The molecule has 0 bridgehead atoms. The maximum Gasteiger partial charge on any atom is 0.327 e. The average Bonchev–Trinajstić information content (AvgIpc) is 3.12. The van der Waals surface area contributed by atoms with Crippen LogP contribution in [-0.2, 0) is 16.1 Å². The van der Waals surface area contributed by atoms with Crippen LogP contribution in [-0.4, -0.2) is 28.0 Å². The molecule has 6 nitrogen and oxygen atoms in total. The Kier molecular flexibility index (Phi) is 5.25. The van der Waals surface area contributed by atoms with Crippen LogP contribution in [0.3, 0.4) is 0 Å². The van der Waals surface area contributed by atoms with E-state index in [4.69, 9.17) is 4.74 Å². The molecule has 0 aliphatic carbocycles. The number of hydrogen-bond acceptors (Lipinski definition) is 7. The first-order valence-corrected chi connectivity index (χ1v) is 8.24. The van der Waals surface area contributed by atoms with Gasteiger partial charge in [-0.2, -0.15) is 0 Å². The summed E-state index contributed by atoms with van der Waals surface area (Å²) in [6.07, 6.45) is 3.37. The van der Waals surface area contributed by atoms with Crippen molar-refractivity contribution < 1.29 is 9.53 Å². The minimum Gasteiger partial charge on any atom is -0.468 e. The topological polar surface area (TPSA) is 77.0 Å². The van der Waals surface area contributed by atoms with Crippen LogP contribution in [0.4, 0.5) is 0 Å². The number of nitrogens with zero attached hydrogens (tertiary/aromatic N) is 3.